The number of aryl methyl sites for hydroxylation is 2. The third-order valence-electron chi connectivity index (χ3n) is 4.44. The first-order chi connectivity index (χ1) is 10.0. The number of nitriles is 1. The Hall–Kier alpha value is -1.61. The molecule has 1 aromatic heterocycles. The Morgan fingerprint density at radius 3 is 2.86 bits per heavy atom. The van der Waals surface area contributed by atoms with Gasteiger partial charge in [0.1, 0.15) is 11.9 Å². The van der Waals surface area contributed by atoms with Gasteiger partial charge < -0.3 is 4.90 Å². The van der Waals surface area contributed by atoms with E-state index in [4.69, 9.17) is 4.98 Å². The van der Waals surface area contributed by atoms with Gasteiger partial charge in [0, 0.05) is 18.8 Å². The molecule has 1 aliphatic heterocycles. The molecule has 3 rings (SSSR count). The molecule has 112 valence electrons. The molecule has 6 heteroatoms. The summed E-state index contributed by atoms with van der Waals surface area (Å²) in [5.41, 5.74) is 2.83. The maximum Gasteiger partial charge on any atom is 0.156 e. The van der Waals surface area contributed by atoms with Crippen molar-refractivity contribution in [2.45, 2.75) is 37.9 Å². The number of anilines is 1. The second kappa shape index (κ2) is 5.30. The molecule has 1 aromatic rings. The lowest BCUT2D eigenvalue weighted by Gasteiger charge is -2.33. The molecule has 0 N–H and O–H groups in total. The number of hydrogen-bond donors (Lipinski definition) is 0. The van der Waals surface area contributed by atoms with E-state index in [9.17, 15) is 13.7 Å². The molecule has 2 heterocycles. The molecule has 1 fully saturated rings. The average molecular weight is 305 g/mol. The molecular formula is C15H19N3O2S. The first-order valence-corrected chi connectivity index (χ1v) is 9.12. The molecule has 1 aliphatic carbocycles. The Bertz CT molecular complexity index is 706. The van der Waals surface area contributed by atoms with Gasteiger partial charge in [-0.3, -0.25) is 0 Å². The molecule has 0 aromatic carbocycles. The van der Waals surface area contributed by atoms with Crippen LogP contribution in [-0.2, 0) is 22.7 Å². The fraction of sp³-hybridized carbons (Fsp3) is 0.600. The van der Waals surface area contributed by atoms with Crippen molar-refractivity contribution in [2.75, 3.05) is 23.7 Å². The van der Waals surface area contributed by atoms with Crippen molar-refractivity contribution >= 4 is 15.7 Å². The molecule has 0 amide bonds. The van der Waals surface area contributed by atoms with Crippen molar-refractivity contribution < 1.29 is 8.42 Å². The first kappa shape index (κ1) is 14.3. The molecule has 5 nitrogen and oxygen atoms in total. The van der Waals surface area contributed by atoms with Crippen LogP contribution in [0.1, 0.15) is 36.6 Å². The van der Waals surface area contributed by atoms with Crippen LogP contribution in [0.3, 0.4) is 0 Å². The first-order valence-electron chi connectivity index (χ1n) is 7.40. The van der Waals surface area contributed by atoms with Gasteiger partial charge in [-0.2, -0.15) is 5.26 Å². The van der Waals surface area contributed by atoms with E-state index < -0.39 is 15.1 Å². The molecule has 21 heavy (non-hydrogen) atoms. The molecule has 2 aliphatic rings. The van der Waals surface area contributed by atoms with Gasteiger partial charge >= 0.3 is 0 Å². The van der Waals surface area contributed by atoms with E-state index in [1.165, 1.54) is 5.56 Å². The smallest absolute Gasteiger partial charge is 0.156 e. The van der Waals surface area contributed by atoms with E-state index in [0.717, 1.165) is 31.4 Å². The topological polar surface area (TPSA) is 74.1 Å². The Kier molecular flexibility index (Phi) is 3.62. The summed E-state index contributed by atoms with van der Waals surface area (Å²) in [6.45, 7) is 2.57. The largest absolute Gasteiger partial charge is 0.353 e. The minimum absolute atomic E-state index is 0.137. The Morgan fingerprint density at radius 1 is 1.38 bits per heavy atom. The number of pyridine rings is 1. The minimum Gasteiger partial charge on any atom is -0.353 e. The summed E-state index contributed by atoms with van der Waals surface area (Å²) in [5.74, 6) is 0.803. The standard InChI is InChI=1S/C15H19N3O2S/c1-11-10-18(6-7-21(11,19)20)15-13(9-16)8-12-4-2-3-5-14(12)17-15/h8,11H,2-7,10H2,1H3/t11-/m1/s1. The maximum absolute atomic E-state index is 11.8. The van der Waals surface area contributed by atoms with Crippen molar-refractivity contribution in [2.24, 2.45) is 0 Å². The van der Waals surface area contributed by atoms with Gasteiger partial charge in [-0.05, 0) is 44.2 Å². The van der Waals surface area contributed by atoms with E-state index in [-0.39, 0.29) is 5.75 Å². The predicted molar refractivity (Wildman–Crippen MR) is 81.1 cm³/mol. The van der Waals surface area contributed by atoms with Crippen molar-refractivity contribution in [3.05, 3.63) is 22.9 Å². The van der Waals surface area contributed by atoms with E-state index in [1.54, 1.807) is 6.92 Å². The average Bonchev–Trinajstić information content (AvgIpc) is 2.48. The number of rotatable bonds is 1. The van der Waals surface area contributed by atoms with Gasteiger partial charge in [0.05, 0.1) is 16.6 Å². The van der Waals surface area contributed by atoms with E-state index in [1.807, 2.05) is 11.0 Å². The number of hydrogen-bond acceptors (Lipinski definition) is 5. The van der Waals surface area contributed by atoms with Crippen LogP contribution in [0.2, 0.25) is 0 Å². The van der Waals surface area contributed by atoms with E-state index in [0.29, 0.717) is 24.5 Å². The molecule has 0 saturated carbocycles. The SMILES string of the molecule is C[C@@H]1CN(c2nc3c(cc2C#N)CCCC3)CCS1(=O)=O. The molecule has 1 saturated heterocycles. The van der Waals surface area contributed by atoms with E-state index in [2.05, 4.69) is 6.07 Å². The molecule has 1 atom stereocenters. The van der Waals surface area contributed by atoms with Crippen LogP contribution >= 0.6 is 0 Å². The van der Waals surface area contributed by atoms with Crippen LogP contribution in [0.5, 0.6) is 0 Å². The summed E-state index contributed by atoms with van der Waals surface area (Å²) in [7, 11) is -2.99. The van der Waals surface area contributed by atoms with Crippen LogP contribution in [0, 0.1) is 11.3 Å². The lowest BCUT2D eigenvalue weighted by atomic mass is 9.95. The van der Waals surface area contributed by atoms with Gasteiger partial charge in [-0.1, -0.05) is 0 Å². The Balaban J connectivity index is 1.97. The molecule has 0 radical (unpaired) electrons. The van der Waals surface area contributed by atoms with Gasteiger partial charge in [0.2, 0.25) is 0 Å². The van der Waals surface area contributed by atoms with Gasteiger partial charge in [0.25, 0.3) is 0 Å². The Labute approximate surface area is 125 Å². The van der Waals surface area contributed by atoms with Gasteiger partial charge in [-0.15, -0.1) is 0 Å². The summed E-state index contributed by atoms with van der Waals surface area (Å²) < 4.78 is 23.7. The highest BCUT2D eigenvalue weighted by molar-refractivity contribution is 7.92. The third-order valence-corrected chi connectivity index (χ3v) is 6.56. The highest BCUT2D eigenvalue weighted by atomic mass is 32.2. The Morgan fingerprint density at radius 2 is 2.14 bits per heavy atom. The fourth-order valence-corrected chi connectivity index (χ4v) is 4.38. The fourth-order valence-electron chi connectivity index (χ4n) is 3.09. The number of nitrogens with zero attached hydrogens (tertiary/aromatic N) is 3. The zero-order valence-electron chi connectivity index (χ0n) is 12.2. The third kappa shape index (κ3) is 2.62. The van der Waals surface area contributed by atoms with Crippen molar-refractivity contribution in [3.8, 4) is 6.07 Å². The molecule has 0 spiro atoms. The highest BCUT2D eigenvalue weighted by Gasteiger charge is 2.31. The second-order valence-corrected chi connectivity index (χ2v) is 8.45. The summed E-state index contributed by atoms with van der Waals surface area (Å²) >= 11 is 0. The zero-order valence-corrected chi connectivity index (χ0v) is 13.0. The van der Waals surface area contributed by atoms with Gasteiger partial charge in [0.15, 0.2) is 9.84 Å². The number of sulfone groups is 1. The molecule has 0 unspecified atom stereocenters. The second-order valence-electron chi connectivity index (χ2n) is 5.91. The zero-order chi connectivity index (χ0) is 15.0. The van der Waals surface area contributed by atoms with Crippen LogP contribution < -0.4 is 4.90 Å². The van der Waals surface area contributed by atoms with E-state index >= 15 is 0 Å². The normalized spacial score (nSPS) is 24.2. The monoisotopic (exact) mass is 305 g/mol. The van der Waals surface area contributed by atoms with Crippen LogP contribution in [0.25, 0.3) is 0 Å². The lowest BCUT2D eigenvalue weighted by molar-refractivity contribution is 0.568. The summed E-state index contributed by atoms with van der Waals surface area (Å²) in [5, 5.41) is 8.98. The molecule has 0 bridgehead atoms. The van der Waals surface area contributed by atoms with Crippen molar-refractivity contribution in [3.63, 3.8) is 0 Å². The summed E-state index contributed by atoms with van der Waals surface area (Å²) in [6.07, 6.45) is 4.23. The van der Waals surface area contributed by atoms with Crippen molar-refractivity contribution in [1.82, 2.24) is 4.98 Å². The van der Waals surface area contributed by atoms with Crippen LogP contribution in [0.15, 0.2) is 6.07 Å². The number of fused-ring (bicyclic) bond motifs is 1. The van der Waals surface area contributed by atoms with Crippen molar-refractivity contribution in [1.29, 1.82) is 5.26 Å². The van der Waals surface area contributed by atoms with Gasteiger partial charge in [-0.25, -0.2) is 13.4 Å². The summed E-state index contributed by atoms with van der Waals surface area (Å²) in [4.78, 5) is 6.66. The van der Waals surface area contributed by atoms with Crippen LogP contribution in [0.4, 0.5) is 5.82 Å². The lowest BCUT2D eigenvalue weighted by Crippen LogP contribution is -2.46. The maximum atomic E-state index is 11.8. The quantitative estimate of drug-likeness (QED) is 0.785. The predicted octanol–water partition coefficient (Wildman–Crippen LogP) is 1.46. The summed E-state index contributed by atoms with van der Waals surface area (Å²) in [6, 6.07) is 4.17. The number of aromatic nitrogens is 1. The van der Waals surface area contributed by atoms with Crippen LogP contribution in [-0.4, -0.2) is 37.5 Å². The minimum atomic E-state index is -2.99. The molecular weight excluding hydrogens is 286 g/mol. The highest BCUT2D eigenvalue weighted by Crippen LogP contribution is 2.28.